The van der Waals surface area contributed by atoms with E-state index in [1.54, 1.807) is 0 Å². The molecule has 0 saturated carbocycles. The van der Waals surface area contributed by atoms with Gasteiger partial charge in [0.15, 0.2) is 0 Å². The van der Waals surface area contributed by atoms with E-state index in [1.165, 1.54) is 34.2 Å². The number of carbonyl (C=O) groups excluding carboxylic acids is 1. The van der Waals surface area contributed by atoms with Crippen LogP contribution >= 0.6 is 23.1 Å². The highest BCUT2D eigenvalue weighted by Gasteiger charge is 2.11. The zero-order valence-electron chi connectivity index (χ0n) is 16.2. The highest BCUT2D eigenvalue weighted by molar-refractivity contribution is 7.99. The lowest BCUT2D eigenvalue weighted by molar-refractivity contribution is -0.118. The maximum Gasteiger partial charge on any atom is 0.277 e. The second-order valence-corrected chi connectivity index (χ2v) is 8.27. The number of thiophene rings is 1. The van der Waals surface area contributed by atoms with Gasteiger partial charge in [-0.1, -0.05) is 23.9 Å². The minimum absolute atomic E-state index is 0.0662. The molecule has 3 rings (SSSR count). The summed E-state index contributed by atoms with van der Waals surface area (Å²) in [6, 6.07) is 8.04. The van der Waals surface area contributed by atoms with Gasteiger partial charge < -0.3 is 14.5 Å². The van der Waals surface area contributed by atoms with E-state index in [0.717, 1.165) is 22.6 Å². The summed E-state index contributed by atoms with van der Waals surface area (Å²) in [5.74, 6) is 1.57. The highest BCUT2D eigenvalue weighted by atomic mass is 32.2. The molecule has 0 aliphatic rings. The summed E-state index contributed by atoms with van der Waals surface area (Å²) in [4.78, 5) is 12.9. The number of nitrogens with one attached hydrogen (secondary N) is 1. The molecule has 2 heterocycles. The minimum atomic E-state index is -0.0662. The van der Waals surface area contributed by atoms with Crippen LogP contribution in [0.5, 0.6) is 5.75 Å². The Morgan fingerprint density at radius 1 is 1.29 bits per heavy atom. The summed E-state index contributed by atoms with van der Waals surface area (Å²) in [5, 5.41) is 13.2. The molecule has 6 nitrogen and oxygen atoms in total. The summed E-state index contributed by atoms with van der Waals surface area (Å²) in [7, 11) is 0. The van der Waals surface area contributed by atoms with Gasteiger partial charge in [-0.15, -0.1) is 21.5 Å². The van der Waals surface area contributed by atoms with Crippen LogP contribution in [-0.2, 0) is 4.79 Å². The van der Waals surface area contributed by atoms with Crippen LogP contribution in [0.4, 0.5) is 0 Å². The highest BCUT2D eigenvalue weighted by Crippen LogP contribution is 2.26. The van der Waals surface area contributed by atoms with Crippen molar-refractivity contribution in [2.75, 3.05) is 18.9 Å². The summed E-state index contributed by atoms with van der Waals surface area (Å²) in [6.45, 7) is 7.33. The number of hydrogen-bond donors (Lipinski definition) is 1. The molecule has 1 N–H and O–H groups in total. The number of rotatable bonds is 9. The molecule has 0 unspecified atom stereocenters. The summed E-state index contributed by atoms with van der Waals surface area (Å²) < 4.78 is 11.4. The first-order valence-electron chi connectivity index (χ1n) is 9.00. The number of benzene rings is 1. The number of carbonyl (C=O) groups is 1. The van der Waals surface area contributed by atoms with E-state index in [0.29, 0.717) is 24.3 Å². The topological polar surface area (TPSA) is 77.2 Å². The number of aryl methyl sites for hydroxylation is 2. The summed E-state index contributed by atoms with van der Waals surface area (Å²) in [5.41, 5.74) is 3.57. The van der Waals surface area contributed by atoms with Crippen molar-refractivity contribution in [2.24, 2.45) is 0 Å². The number of thioether (sulfide) groups is 1. The molecule has 2 aromatic heterocycles. The molecule has 0 radical (unpaired) electrons. The predicted octanol–water partition coefficient (Wildman–Crippen LogP) is 4.40. The first-order valence-corrected chi connectivity index (χ1v) is 10.9. The fraction of sp³-hybridized carbons (Fsp3) is 0.350. The Balaban J connectivity index is 1.34. The van der Waals surface area contributed by atoms with Gasteiger partial charge in [0.1, 0.15) is 5.75 Å². The van der Waals surface area contributed by atoms with E-state index in [2.05, 4.69) is 42.4 Å². The van der Waals surface area contributed by atoms with E-state index in [4.69, 9.17) is 9.15 Å². The van der Waals surface area contributed by atoms with E-state index >= 15 is 0 Å². The van der Waals surface area contributed by atoms with Crippen molar-refractivity contribution in [3.8, 4) is 16.5 Å². The SMILES string of the molecule is Cc1cc(C)c(C)c(OCCCNC(=O)CSc2nnc(-c3cccs3)o2)c1. The molecule has 0 aliphatic carbocycles. The van der Waals surface area contributed by atoms with Crippen LogP contribution in [0.1, 0.15) is 23.1 Å². The third-order valence-corrected chi connectivity index (χ3v) is 5.81. The van der Waals surface area contributed by atoms with Crippen molar-refractivity contribution >= 4 is 29.0 Å². The molecular weight excluding hydrogens is 394 g/mol. The van der Waals surface area contributed by atoms with Gasteiger partial charge in [-0.25, -0.2) is 0 Å². The summed E-state index contributed by atoms with van der Waals surface area (Å²) in [6.07, 6.45) is 0.742. The average Bonchev–Trinajstić information content (AvgIpc) is 3.34. The molecule has 3 aromatic rings. The molecule has 0 atom stereocenters. The number of aromatic nitrogens is 2. The predicted molar refractivity (Wildman–Crippen MR) is 112 cm³/mol. The van der Waals surface area contributed by atoms with Crippen molar-refractivity contribution in [1.29, 1.82) is 0 Å². The van der Waals surface area contributed by atoms with Crippen LogP contribution in [0.25, 0.3) is 10.8 Å². The molecular formula is C20H23N3O3S2. The molecule has 0 fully saturated rings. The maximum absolute atomic E-state index is 12.0. The lowest BCUT2D eigenvalue weighted by Gasteiger charge is -2.12. The smallest absolute Gasteiger partial charge is 0.277 e. The van der Waals surface area contributed by atoms with Gasteiger partial charge in [0.25, 0.3) is 11.1 Å². The molecule has 28 heavy (non-hydrogen) atoms. The van der Waals surface area contributed by atoms with Crippen LogP contribution in [0, 0.1) is 20.8 Å². The molecule has 0 bridgehead atoms. The van der Waals surface area contributed by atoms with Gasteiger partial charge in [0, 0.05) is 6.54 Å². The van der Waals surface area contributed by atoms with Gasteiger partial charge in [0.2, 0.25) is 5.91 Å². The molecule has 148 valence electrons. The van der Waals surface area contributed by atoms with E-state index in [9.17, 15) is 4.79 Å². The normalized spacial score (nSPS) is 10.8. The zero-order valence-corrected chi connectivity index (χ0v) is 17.8. The molecule has 0 spiro atoms. The molecule has 8 heteroatoms. The fourth-order valence-corrected chi connectivity index (χ4v) is 3.82. The van der Waals surface area contributed by atoms with Gasteiger partial charge in [0.05, 0.1) is 17.2 Å². The zero-order chi connectivity index (χ0) is 19.9. The van der Waals surface area contributed by atoms with Gasteiger partial charge in [-0.2, -0.15) is 0 Å². The second kappa shape index (κ2) is 9.75. The maximum atomic E-state index is 12.0. The van der Waals surface area contributed by atoms with Crippen molar-refractivity contribution in [1.82, 2.24) is 15.5 Å². The first-order chi connectivity index (χ1) is 13.5. The monoisotopic (exact) mass is 417 g/mol. The third-order valence-electron chi connectivity index (χ3n) is 4.13. The quantitative estimate of drug-likeness (QED) is 0.411. The van der Waals surface area contributed by atoms with E-state index in [1.807, 2.05) is 23.6 Å². The largest absolute Gasteiger partial charge is 0.493 e. The standard InChI is InChI=1S/C20H23N3O3S2/c1-13-10-14(2)15(3)16(11-13)25-8-5-7-21-18(24)12-28-20-23-22-19(26-20)17-6-4-9-27-17/h4,6,9-11H,5,7-8,12H2,1-3H3,(H,21,24). The average molecular weight is 418 g/mol. The van der Waals surface area contributed by atoms with Crippen molar-refractivity contribution in [3.05, 3.63) is 46.3 Å². The molecule has 0 aliphatic heterocycles. The second-order valence-electron chi connectivity index (χ2n) is 6.40. The Hall–Kier alpha value is -2.32. The van der Waals surface area contributed by atoms with Gasteiger partial charge >= 0.3 is 0 Å². The molecule has 0 saturated heterocycles. The van der Waals surface area contributed by atoms with Crippen molar-refractivity contribution in [3.63, 3.8) is 0 Å². The third kappa shape index (κ3) is 5.59. The Kier molecular flexibility index (Phi) is 7.11. The van der Waals surface area contributed by atoms with Gasteiger partial charge in [-0.3, -0.25) is 4.79 Å². The number of nitrogens with zero attached hydrogens (tertiary/aromatic N) is 2. The van der Waals surface area contributed by atoms with E-state index in [-0.39, 0.29) is 11.7 Å². The minimum Gasteiger partial charge on any atom is -0.493 e. The lowest BCUT2D eigenvalue weighted by Crippen LogP contribution is -2.27. The fourth-order valence-electron chi connectivity index (χ4n) is 2.58. The Labute approximate surface area is 172 Å². The van der Waals surface area contributed by atoms with Crippen LogP contribution in [0.2, 0.25) is 0 Å². The first kappa shape index (κ1) is 20.4. The Morgan fingerprint density at radius 3 is 2.93 bits per heavy atom. The van der Waals surface area contributed by atoms with Crippen LogP contribution in [0.3, 0.4) is 0 Å². The van der Waals surface area contributed by atoms with Crippen LogP contribution < -0.4 is 10.1 Å². The molecule has 1 aromatic carbocycles. The van der Waals surface area contributed by atoms with Gasteiger partial charge in [-0.05, 0) is 61.4 Å². The Bertz CT molecular complexity index is 923. The van der Waals surface area contributed by atoms with Crippen molar-refractivity contribution < 1.29 is 13.9 Å². The van der Waals surface area contributed by atoms with Crippen molar-refractivity contribution in [2.45, 2.75) is 32.4 Å². The number of hydrogen-bond acceptors (Lipinski definition) is 7. The van der Waals surface area contributed by atoms with E-state index < -0.39 is 0 Å². The number of amides is 1. The lowest BCUT2D eigenvalue weighted by atomic mass is 10.1. The molecule has 1 amide bonds. The Morgan fingerprint density at radius 2 is 2.14 bits per heavy atom. The summed E-state index contributed by atoms with van der Waals surface area (Å²) >= 11 is 2.77. The number of ether oxygens (including phenoxy) is 1. The van der Waals surface area contributed by atoms with Crippen LogP contribution in [-0.4, -0.2) is 35.0 Å². The van der Waals surface area contributed by atoms with Crippen LogP contribution in [0.15, 0.2) is 39.3 Å².